The van der Waals surface area contributed by atoms with Crippen molar-refractivity contribution in [3.8, 4) is 0 Å². The predicted molar refractivity (Wildman–Crippen MR) is 73.3 cm³/mol. The van der Waals surface area contributed by atoms with Gasteiger partial charge in [0.25, 0.3) is 0 Å². The summed E-state index contributed by atoms with van der Waals surface area (Å²) in [6, 6.07) is 6.00. The zero-order valence-corrected chi connectivity index (χ0v) is 11.9. The van der Waals surface area contributed by atoms with Gasteiger partial charge >= 0.3 is 0 Å². The number of aliphatic hydroxyl groups is 1. The number of rotatable bonds is 5. The van der Waals surface area contributed by atoms with Crippen LogP contribution in [0.1, 0.15) is 39.2 Å². The van der Waals surface area contributed by atoms with E-state index in [0.29, 0.717) is 5.56 Å². The van der Waals surface area contributed by atoms with Crippen molar-refractivity contribution in [2.45, 2.75) is 39.2 Å². The minimum atomic E-state index is -0.947. The van der Waals surface area contributed by atoms with Gasteiger partial charge in [-0.05, 0) is 37.5 Å². The summed E-state index contributed by atoms with van der Waals surface area (Å²) in [4.78, 5) is 12.0. The van der Waals surface area contributed by atoms with Crippen molar-refractivity contribution in [3.63, 3.8) is 0 Å². The fourth-order valence-electron chi connectivity index (χ4n) is 1.55. The Kier molecular flexibility index (Phi) is 5.06. The lowest BCUT2D eigenvalue weighted by Gasteiger charge is -2.28. The van der Waals surface area contributed by atoms with Crippen LogP contribution in [0.4, 0.5) is 4.39 Å². The predicted octanol–water partition coefficient (Wildman–Crippen LogP) is 2.45. The number of benzene rings is 1. The monoisotopic (exact) mass is 267 g/mol. The van der Waals surface area contributed by atoms with E-state index in [0.717, 1.165) is 0 Å². The maximum Gasteiger partial charge on any atom is 0.227 e. The van der Waals surface area contributed by atoms with Gasteiger partial charge in [-0.2, -0.15) is 0 Å². The fourth-order valence-corrected chi connectivity index (χ4v) is 1.55. The molecule has 0 heterocycles. The third-order valence-electron chi connectivity index (χ3n) is 3.61. The van der Waals surface area contributed by atoms with E-state index in [1.807, 2.05) is 13.8 Å². The molecule has 1 amide bonds. The lowest BCUT2D eigenvalue weighted by Crippen LogP contribution is -2.45. The lowest BCUT2D eigenvalue weighted by molar-refractivity contribution is -0.123. The average Bonchev–Trinajstić information content (AvgIpc) is 2.35. The highest BCUT2D eigenvalue weighted by Gasteiger charge is 2.26. The standard InChI is InChI=1S/C15H22FNO2/c1-10(2)15(4,19)9-17-14(18)11(3)12-6-5-7-13(16)8-12/h5-8,10-11,19H,9H2,1-4H3,(H,17,18). The van der Waals surface area contributed by atoms with Crippen molar-refractivity contribution in [2.24, 2.45) is 5.92 Å². The number of carbonyl (C=O) groups excluding carboxylic acids is 1. The van der Waals surface area contributed by atoms with E-state index in [1.165, 1.54) is 12.1 Å². The summed E-state index contributed by atoms with van der Waals surface area (Å²) in [6.07, 6.45) is 0. The molecule has 0 bridgehead atoms. The normalized spacial score (nSPS) is 15.9. The highest BCUT2D eigenvalue weighted by atomic mass is 19.1. The van der Waals surface area contributed by atoms with Gasteiger partial charge < -0.3 is 10.4 Å². The molecule has 0 aliphatic heterocycles. The van der Waals surface area contributed by atoms with E-state index in [2.05, 4.69) is 5.32 Å². The molecule has 2 atom stereocenters. The van der Waals surface area contributed by atoms with Crippen LogP contribution < -0.4 is 5.32 Å². The molecule has 0 saturated heterocycles. The molecule has 0 spiro atoms. The molecule has 2 N–H and O–H groups in total. The first-order valence-corrected chi connectivity index (χ1v) is 6.49. The van der Waals surface area contributed by atoms with Crippen LogP contribution in [0, 0.1) is 11.7 Å². The van der Waals surface area contributed by atoms with Crippen molar-refractivity contribution in [3.05, 3.63) is 35.6 Å². The van der Waals surface area contributed by atoms with Gasteiger partial charge in [0.1, 0.15) is 5.82 Å². The molecule has 0 fully saturated rings. The summed E-state index contributed by atoms with van der Waals surface area (Å²) in [6.45, 7) is 7.37. The van der Waals surface area contributed by atoms with Crippen LogP contribution in [-0.2, 0) is 4.79 Å². The first kappa shape index (κ1) is 15.6. The summed E-state index contributed by atoms with van der Waals surface area (Å²) in [5, 5.41) is 12.8. The van der Waals surface area contributed by atoms with Gasteiger partial charge in [-0.15, -0.1) is 0 Å². The molecule has 1 aromatic carbocycles. The van der Waals surface area contributed by atoms with Crippen molar-refractivity contribution in [1.29, 1.82) is 0 Å². The molecule has 19 heavy (non-hydrogen) atoms. The topological polar surface area (TPSA) is 49.3 Å². The Labute approximate surface area is 113 Å². The summed E-state index contributed by atoms with van der Waals surface area (Å²) < 4.78 is 13.1. The van der Waals surface area contributed by atoms with Gasteiger partial charge in [0, 0.05) is 6.54 Å². The van der Waals surface area contributed by atoms with Crippen LogP contribution >= 0.6 is 0 Å². The zero-order valence-electron chi connectivity index (χ0n) is 11.9. The SMILES string of the molecule is CC(C(=O)NCC(C)(O)C(C)C)c1cccc(F)c1. The summed E-state index contributed by atoms with van der Waals surface area (Å²) in [7, 11) is 0. The zero-order chi connectivity index (χ0) is 14.6. The Morgan fingerprint density at radius 2 is 2.05 bits per heavy atom. The van der Waals surface area contributed by atoms with Crippen molar-refractivity contribution in [2.75, 3.05) is 6.54 Å². The van der Waals surface area contributed by atoms with Gasteiger partial charge in [0.15, 0.2) is 0 Å². The molecular weight excluding hydrogens is 245 g/mol. The second-order valence-corrected chi connectivity index (χ2v) is 5.51. The van der Waals surface area contributed by atoms with Crippen LogP contribution in [0.15, 0.2) is 24.3 Å². The van der Waals surface area contributed by atoms with Crippen LogP contribution in [0.2, 0.25) is 0 Å². The van der Waals surface area contributed by atoms with Crippen molar-refractivity contribution >= 4 is 5.91 Å². The molecule has 106 valence electrons. The molecule has 1 rings (SSSR count). The molecule has 0 aliphatic rings. The minimum absolute atomic E-state index is 0.0391. The molecule has 0 saturated carbocycles. The quantitative estimate of drug-likeness (QED) is 0.861. The number of hydrogen-bond acceptors (Lipinski definition) is 2. The summed E-state index contributed by atoms with van der Waals surface area (Å²) in [5.74, 6) is -0.978. The second kappa shape index (κ2) is 6.15. The molecule has 1 aromatic rings. The second-order valence-electron chi connectivity index (χ2n) is 5.51. The van der Waals surface area contributed by atoms with Crippen LogP contribution in [0.25, 0.3) is 0 Å². The van der Waals surface area contributed by atoms with Crippen LogP contribution in [0.3, 0.4) is 0 Å². The van der Waals surface area contributed by atoms with Gasteiger partial charge in [-0.25, -0.2) is 4.39 Å². The maximum atomic E-state index is 13.1. The van der Waals surface area contributed by atoms with E-state index in [9.17, 15) is 14.3 Å². The van der Waals surface area contributed by atoms with Crippen LogP contribution in [-0.4, -0.2) is 23.2 Å². The van der Waals surface area contributed by atoms with Gasteiger partial charge in [-0.1, -0.05) is 26.0 Å². The Balaban J connectivity index is 2.64. The molecule has 0 aliphatic carbocycles. The molecule has 2 unspecified atom stereocenters. The molecule has 3 nitrogen and oxygen atoms in total. The Hall–Kier alpha value is -1.42. The van der Waals surface area contributed by atoms with Gasteiger partial charge in [-0.3, -0.25) is 4.79 Å². The molecular formula is C15H22FNO2. The molecule has 4 heteroatoms. The number of halogens is 1. The number of amides is 1. The summed E-state index contributed by atoms with van der Waals surface area (Å²) >= 11 is 0. The fraction of sp³-hybridized carbons (Fsp3) is 0.533. The van der Waals surface area contributed by atoms with E-state index in [-0.39, 0.29) is 24.2 Å². The highest BCUT2D eigenvalue weighted by molar-refractivity contribution is 5.83. The number of carbonyl (C=O) groups is 1. The van der Waals surface area contributed by atoms with Gasteiger partial charge in [0.05, 0.1) is 11.5 Å². The van der Waals surface area contributed by atoms with E-state index in [1.54, 1.807) is 26.0 Å². The lowest BCUT2D eigenvalue weighted by atomic mass is 9.92. The third-order valence-corrected chi connectivity index (χ3v) is 3.61. The number of nitrogens with one attached hydrogen (secondary N) is 1. The van der Waals surface area contributed by atoms with E-state index < -0.39 is 11.5 Å². The molecule has 0 radical (unpaired) electrons. The highest BCUT2D eigenvalue weighted by Crippen LogP contribution is 2.18. The van der Waals surface area contributed by atoms with Crippen molar-refractivity contribution < 1.29 is 14.3 Å². The average molecular weight is 267 g/mol. The largest absolute Gasteiger partial charge is 0.388 e. The smallest absolute Gasteiger partial charge is 0.227 e. The Morgan fingerprint density at radius 3 is 2.58 bits per heavy atom. The summed E-state index contributed by atoms with van der Waals surface area (Å²) in [5.41, 5.74) is -0.321. The Bertz CT molecular complexity index is 444. The van der Waals surface area contributed by atoms with E-state index in [4.69, 9.17) is 0 Å². The van der Waals surface area contributed by atoms with Crippen molar-refractivity contribution in [1.82, 2.24) is 5.32 Å². The first-order chi connectivity index (χ1) is 8.74. The third kappa shape index (κ3) is 4.31. The maximum absolute atomic E-state index is 13.1. The Morgan fingerprint density at radius 1 is 1.42 bits per heavy atom. The van der Waals surface area contributed by atoms with E-state index >= 15 is 0 Å². The van der Waals surface area contributed by atoms with Gasteiger partial charge in [0.2, 0.25) is 5.91 Å². The van der Waals surface area contributed by atoms with Crippen LogP contribution in [0.5, 0.6) is 0 Å². The first-order valence-electron chi connectivity index (χ1n) is 6.49. The number of hydrogen-bond donors (Lipinski definition) is 2. The minimum Gasteiger partial charge on any atom is -0.388 e. The molecule has 0 aromatic heterocycles.